The maximum Gasteiger partial charge on any atom is 0.151 e. The summed E-state index contributed by atoms with van der Waals surface area (Å²) in [6, 6.07) is 0. The summed E-state index contributed by atoms with van der Waals surface area (Å²) in [6.07, 6.45) is 4.29. The molecular weight excluding hydrogens is 214 g/mol. The average molecular weight is 228 g/mol. The van der Waals surface area contributed by atoms with Crippen molar-refractivity contribution in [2.24, 2.45) is 5.92 Å². The number of aliphatic hydroxyl groups is 1. The number of likely N-dealkylation sites (tertiary alicyclic amines) is 1. The molecule has 2 rings (SSSR count). The van der Waals surface area contributed by atoms with E-state index in [1.807, 2.05) is 0 Å². The number of hydrogen-bond donors (Lipinski definition) is 1. The van der Waals surface area contributed by atoms with E-state index >= 15 is 0 Å². The Morgan fingerprint density at radius 3 is 2.93 bits per heavy atom. The van der Waals surface area contributed by atoms with Gasteiger partial charge < -0.3 is 5.11 Å². The Hall–Kier alpha value is -0.710. The van der Waals surface area contributed by atoms with Gasteiger partial charge in [0.05, 0.1) is 5.69 Å². The van der Waals surface area contributed by atoms with E-state index in [2.05, 4.69) is 14.9 Å². The third-order valence-electron chi connectivity index (χ3n) is 2.72. The summed E-state index contributed by atoms with van der Waals surface area (Å²) in [7, 11) is 0. The van der Waals surface area contributed by atoms with Crippen molar-refractivity contribution in [2.75, 3.05) is 19.7 Å². The van der Waals surface area contributed by atoms with Crippen molar-refractivity contribution in [3.05, 3.63) is 23.2 Å². The number of aliphatic hydroxyl groups excluding tert-OH is 1. The van der Waals surface area contributed by atoms with Gasteiger partial charge in [-0.2, -0.15) is 0 Å². The number of halogens is 1. The summed E-state index contributed by atoms with van der Waals surface area (Å²) < 4.78 is 0. The highest BCUT2D eigenvalue weighted by Gasteiger charge is 2.22. The normalized spacial score (nSPS) is 22.1. The maximum absolute atomic E-state index is 9.02. The van der Waals surface area contributed by atoms with Gasteiger partial charge in [-0.05, 0) is 18.9 Å². The largest absolute Gasteiger partial charge is 0.396 e. The molecule has 1 aromatic rings. The van der Waals surface area contributed by atoms with Gasteiger partial charge in [-0.15, -0.1) is 0 Å². The highest BCUT2D eigenvalue weighted by Crippen LogP contribution is 2.19. The van der Waals surface area contributed by atoms with Crippen molar-refractivity contribution < 1.29 is 5.11 Å². The Morgan fingerprint density at radius 1 is 1.47 bits per heavy atom. The van der Waals surface area contributed by atoms with Gasteiger partial charge in [0.1, 0.15) is 0 Å². The lowest BCUT2D eigenvalue weighted by molar-refractivity contribution is 0.219. The maximum atomic E-state index is 9.02. The summed E-state index contributed by atoms with van der Waals surface area (Å²) in [5.41, 5.74) is 0.817. The molecule has 1 N–H and O–H groups in total. The Morgan fingerprint density at radius 2 is 2.27 bits per heavy atom. The number of nitrogens with zero attached hydrogens (tertiary/aromatic N) is 3. The summed E-state index contributed by atoms with van der Waals surface area (Å²) in [6.45, 7) is 2.91. The molecule has 0 bridgehead atoms. The molecule has 15 heavy (non-hydrogen) atoms. The summed E-state index contributed by atoms with van der Waals surface area (Å²) in [5.74, 6) is 0.403. The predicted molar refractivity (Wildman–Crippen MR) is 57.5 cm³/mol. The summed E-state index contributed by atoms with van der Waals surface area (Å²) in [5, 5.41) is 9.50. The smallest absolute Gasteiger partial charge is 0.151 e. The van der Waals surface area contributed by atoms with Crippen LogP contribution in [0.2, 0.25) is 5.15 Å². The zero-order valence-electron chi connectivity index (χ0n) is 8.43. The highest BCUT2D eigenvalue weighted by molar-refractivity contribution is 6.29. The Balaban J connectivity index is 1.96. The molecule has 1 fully saturated rings. The van der Waals surface area contributed by atoms with Gasteiger partial charge in [-0.1, -0.05) is 11.6 Å². The van der Waals surface area contributed by atoms with Crippen LogP contribution in [0, 0.1) is 5.92 Å². The van der Waals surface area contributed by atoms with Gasteiger partial charge >= 0.3 is 0 Å². The monoisotopic (exact) mass is 227 g/mol. The van der Waals surface area contributed by atoms with Crippen molar-refractivity contribution >= 4 is 11.6 Å². The van der Waals surface area contributed by atoms with Crippen molar-refractivity contribution in [1.82, 2.24) is 14.9 Å². The Labute approximate surface area is 93.9 Å². The molecule has 5 heteroatoms. The van der Waals surface area contributed by atoms with E-state index in [0.29, 0.717) is 11.1 Å². The lowest BCUT2D eigenvalue weighted by Gasteiger charge is -2.14. The third-order valence-corrected chi connectivity index (χ3v) is 3.04. The lowest BCUT2D eigenvalue weighted by atomic mass is 10.1. The van der Waals surface area contributed by atoms with E-state index in [9.17, 15) is 0 Å². The molecule has 0 aliphatic carbocycles. The molecule has 1 aliphatic rings. The van der Waals surface area contributed by atoms with Crippen molar-refractivity contribution in [2.45, 2.75) is 13.0 Å². The molecule has 0 spiro atoms. The fraction of sp³-hybridized carbons (Fsp3) is 0.600. The second-order valence-corrected chi connectivity index (χ2v) is 4.22. The van der Waals surface area contributed by atoms with Gasteiger partial charge in [0.2, 0.25) is 0 Å². The van der Waals surface area contributed by atoms with Gasteiger partial charge in [0.25, 0.3) is 0 Å². The van der Waals surface area contributed by atoms with Gasteiger partial charge in [-0.25, -0.2) is 4.98 Å². The standard InChI is InChI=1S/C10H14ClN3O/c11-10-9(12-2-3-13-10)6-14-4-1-8(5-14)7-15/h2-3,8,15H,1,4-7H2/t8-/m0/s1. The average Bonchev–Trinajstić information content (AvgIpc) is 2.69. The topological polar surface area (TPSA) is 49.2 Å². The quantitative estimate of drug-likeness (QED) is 0.835. The second kappa shape index (κ2) is 4.88. The van der Waals surface area contributed by atoms with Crippen LogP contribution >= 0.6 is 11.6 Å². The molecule has 1 atom stereocenters. The zero-order chi connectivity index (χ0) is 10.7. The van der Waals surface area contributed by atoms with Crippen LogP contribution in [0.25, 0.3) is 0 Å². The molecule has 2 heterocycles. The summed E-state index contributed by atoms with van der Waals surface area (Å²) >= 11 is 5.92. The highest BCUT2D eigenvalue weighted by atomic mass is 35.5. The van der Waals surface area contributed by atoms with Crippen LogP contribution in [-0.2, 0) is 6.54 Å². The van der Waals surface area contributed by atoms with E-state index in [0.717, 1.165) is 31.7 Å². The molecule has 0 amide bonds. The van der Waals surface area contributed by atoms with Gasteiger partial charge in [-0.3, -0.25) is 9.88 Å². The molecule has 1 aromatic heterocycles. The number of hydrogen-bond acceptors (Lipinski definition) is 4. The van der Waals surface area contributed by atoms with E-state index < -0.39 is 0 Å². The van der Waals surface area contributed by atoms with Crippen LogP contribution < -0.4 is 0 Å². The van der Waals surface area contributed by atoms with Crippen LogP contribution in [0.3, 0.4) is 0 Å². The van der Waals surface area contributed by atoms with E-state index in [4.69, 9.17) is 16.7 Å². The molecule has 0 radical (unpaired) electrons. The first-order valence-corrected chi connectivity index (χ1v) is 5.46. The predicted octanol–water partition coefficient (Wildman–Crippen LogP) is 0.944. The Bertz CT molecular complexity index is 334. The fourth-order valence-corrected chi connectivity index (χ4v) is 2.04. The first-order valence-electron chi connectivity index (χ1n) is 5.08. The van der Waals surface area contributed by atoms with Crippen LogP contribution in [0.5, 0.6) is 0 Å². The van der Waals surface area contributed by atoms with Crippen LogP contribution in [-0.4, -0.2) is 39.7 Å². The molecule has 0 saturated carbocycles. The minimum Gasteiger partial charge on any atom is -0.396 e. The minimum absolute atomic E-state index is 0.269. The van der Waals surface area contributed by atoms with Crippen molar-refractivity contribution in [3.8, 4) is 0 Å². The SMILES string of the molecule is OC[C@H]1CCN(Cc2nccnc2Cl)C1. The Kier molecular flexibility index (Phi) is 3.51. The van der Waals surface area contributed by atoms with E-state index in [-0.39, 0.29) is 6.61 Å². The molecule has 4 nitrogen and oxygen atoms in total. The molecule has 1 aliphatic heterocycles. The zero-order valence-corrected chi connectivity index (χ0v) is 9.19. The lowest BCUT2D eigenvalue weighted by Crippen LogP contribution is -2.21. The molecule has 82 valence electrons. The van der Waals surface area contributed by atoms with E-state index in [1.54, 1.807) is 12.4 Å². The third kappa shape index (κ3) is 2.65. The van der Waals surface area contributed by atoms with E-state index in [1.165, 1.54) is 0 Å². The fourth-order valence-electron chi connectivity index (χ4n) is 1.87. The summed E-state index contributed by atoms with van der Waals surface area (Å²) in [4.78, 5) is 10.4. The van der Waals surface area contributed by atoms with Crippen LogP contribution in [0.4, 0.5) is 0 Å². The van der Waals surface area contributed by atoms with Gasteiger partial charge in [0, 0.05) is 32.1 Å². The van der Waals surface area contributed by atoms with Crippen LogP contribution in [0.1, 0.15) is 12.1 Å². The van der Waals surface area contributed by atoms with Crippen LogP contribution in [0.15, 0.2) is 12.4 Å². The second-order valence-electron chi connectivity index (χ2n) is 3.87. The van der Waals surface area contributed by atoms with Gasteiger partial charge in [0.15, 0.2) is 5.15 Å². The molecule has 1 saturated heterocycles. The van der Waals surface area contributed by atoms with Crippen molar-refractivity contribution in [1.29, 1.82) is 0 Å². The first kappa shape index (κ1) is 10.8. The molecule has 0 unspecified atom stereocenters. The molecular formula is C10H14ClN3O. The number of aromatic nitrogens is 2. The van der Waals surface area contributed by atoms with Crippen molar-refractivity contribution in [3.63, 3.8) is 0 Å². The minimum atomic E-state index is 0.269. The first-order chi connectivity index (χ1) is 7.29. The number of rotatable bonds is 3. The molecule has 0 aromatic carbocycles.